The smallest absolute Gasteiger partial charge is 0.269 e. The van der Waals surface area contributed by atoms with Gasteiger partial charge in [-0.3, -0.25) is 14.9 Å². The van der Waals surface area contributed by atoms with Crippen molar-refractivity contribution in [3.63, 3.8) is 0 Å². The van der Waals surface area contributed by atoms with Gasteiger partial charge in [0.05, 0.1) is 51.0 Å². The molecule has 0 aromatic heterocycles. The zero-order valence-corrected chi connectivity index (χ0v) is 19.2. The third-order valence-corrected chi connectivity index (χ3v) is 5.95. The maximum Gasteiger partial charge on any atom is 0.269 e. The number of non-ortho nitro benzene ring substituents is 1. The molecule has 1 fully saturated rings. The maximum atomic E-state index is 13.5. The van der Waals surface area contributed by atoms with Gasteiger partial charge in [0, 0.05) is 24.3 Å². The lowest BCUT2D eigenvalue weighted by Crippen LogP contribution is -2.53. The minimum absolute atomic E-state index is 0.0296. The van der Waals surface area contributed by atoms with E-state index in [9.17, 15) is 14.9 Å². The van der Waals surface area contributed by atoms with Crippen molar-refractivity contribution in [3.05, 3.63) is 81.9 Å². The number of carbonyl (C=O) groups excluding carboxylic acids is 1. The molecule has 2 atom stereocenters. The van der Waals surface area contributed by atoms with Crippen LogP contribution in [0.1, 0.15) is 23.1 Å². The number of carbonyl (C=O) groups is 1. The second-order valence-corrected chi connectivity index (χ2v) is 7.64. The maximum absolute atomic E-state index is 13.5. The average Bonchev–Trinajstić information content (AvgIpc) is 2.86. The number of anilines is 1. The SMILES string of the molecule is COc1ccc([C@@H]2[C@@H](c3ccc([N+](=O)[O-])cc3)C(=O)N2c2cc(OC)c(OC)c(OC)c2)cc1. The number of nitro benzene ring substituents is 1. The number of nitrogens with zero attached hydrogens (tertiary/aromatic N) is 2. The van der Waals surface area contributed by atoms with Gasteiger partial charge in [-0.05, 0) is 23.3 Å². The minimum atomic E-state index is -0.520. The van der Waals surface area contributed by atoms with Crippen LogP contribution in [0, 0.1) is 10.1 Å². The molecule has 0 bridgehead atoms. The van der Waals surface area contributed by atoms with Crippen LogP contribution in [0.25, 0.3) is 0 Å². The van der Waals surface area contributed by atoms with Gasteiger partial charge in [-0.2, -0.15) is 0 Å². The summed E-state index contributed by atoms with van der Waals surface area (Å²) in [6, 6.07) is 16.6. The normalized spacial score (nSPS) is 17.1. The Balaban J connectivity index is 1.80. The second kappa shape index (κ2) is 9.30. The first kappa shape index (κ1) is 22.9. The predicted molar refractivity (Wildman–Crippen MR) is 125 cm³/mol. The molecule has 0 N–H and O–H groups in total. The van der Waals surface area contributed by atoms with Crippen molar-refractivity contribution >= 4 is 17.3 Å². The van der Waals surface area contributed by atoms with Crippen LogP contribution in [-0.4, -0.2) is 39.3 Å². The zero-order chi connectivity index (χ0) is 24.4. The number of amides is 1. The molecule has 9 heteroatoms. The van der Waals surface area contributed by atoms with E-state index in [1.165, 1.54) is 33.5 Å². The summed E-state index contributed by atoms with van der Waals surface area (Å²) >= 11 is 0. The molecule has 0 aliphatic carbocycles. The van der Waals surface area contributed by atoms with Crippen LogP contribution in [0.5, 0.6) is 23.0 Å². The van der Waals surface area contributed by atoms with Gasteiger partial charge in [-0.1, -0.05) is 24.3 Å². The second-order valence-electron chi connectivity index (χ2n) is 7.64. The van der Waals surface area contributed by atoms with Crippen LogP contribution in [0.4, 0.5) is 11.4 Å². The molecule has 0 unspecified atom stereocenters. The Hall–Kier alpha value is -4.27. The highest BCUT2D eigenvalue weighted by Crippen LogP contribution is 2.52. The Labute approximate surface area is 196 Å². The fraction of sp³-hybridized carbons (Fsp3) is 0.240. The Morgan fingerprint density at radius 1 is 0.794 bits per heavy atom. The lowest BCUT2D eigenvalue weighted by atomic mass is 9.77. The van der Waals surface area contributed by atoms with E-state index in [0.29, 0.717) is 34.2 Å². The van der Waals surface area contributed by atoms with Crippen LogP contribution < -0.4 is 23.8 Å². The van der Waals surface area contributed by atoms with E-state index in [0.717, 1.165) is 5.56 Å². The van der Waals surface area contributed by atoms with E-state index in [4.69, 9.17) is 18.9 Å². The number of hydrogen-bond acceptors (Lipinski definition) is 7. The van der Waals surface area contributed by atoms with Crippen LogP contribution >= 0.6 is 0 Å². The third kappa shape index (κ3) is 3.85. The van der Waals surface area contributed by atoms with Gasteiger partial charge in [-0.25, -0.2) is 0 Å². The minimum Gasteiger partial charge on any atom is -0.497 e. The van der Waals surface area contributed by atoms with E-state index in [1.54, 1.807) is 36.3 Å². The molecule has 1 heterocycles. The lowest BCUT2D eigenvalue weighted by Gasteiger charge is -2.48. The molecule has 0 radical (unpaired) electrons. The predicted octanol–water partition coefficient (Wildman–Crippen LogP) is 4.50. The van der Waals surface area contributed by atoms with Gasteiger partial charge in [0.15, 0.2) is 11.5 Å². The molecule has 1 aliphatic rings. The van der Waals surface area contributed by atoms with Crippen molar-refractivity contribution in [2.75, 3.05) is 33.3 Å². The lowest BCUT2D eigenvalue weighted by molar-refractivity contribution is -0.384. The summed E-state index contributed by atoms with van der Waals surface area (Å²) in [5, 5.41) is 11.1. The summed E-state index contributed by atoms with van der Waals surface area (Å²) in [5.74, 6) is 1.31. The van der Waals surface area contributed by atoms with Crippen molar-refractivity contribution in [2.45, 2.75) is 12.0 Å². The molecule has 3 aromatic rings. The fourth-order valence-electron chi connectivity index (χ4n) is 4.25. The first-order chi connectivity index (χ1) is 16.4. The van der Waals surface area contributed by atoms with E-state index < -0.39 is 10.8 Å². The Morgan fingerprint density at radius 3 is 1.82 bits per heavy atom. The highest BCUT2D eigenvalue weighted by atomic mass is 16.6. The van der Waals surface area contributed by atoms with E-state index in [1.807, 2.05) is 24.3 Å². The number of ether oxygens (including phenoxy) is 4. The zero-order valence-electron chi connectivity index (χ0n) is 19.2. The number of benzene rings is 3. The molecule has 176 valence electrons. The molecule has 4 rings (SSSR count). The molecule has 0 spiro atoms. The van der Waals surface area contributed by atoms with E-state index in [-0.39, 0.29) is 17.6 Å². The number of rotatable bonds is 8. The number of β-lactam (4-membered cyclic amide) rings is 1. The average molecular weight is 464 g/mol. The highest BCUT2D eigenvalue weighted by Gasteiger charge is 2.50. The summed E-state index contributed by atoms with van der Waals surface area (Å²) in [4.78, 5) is 25.8. The van der Waals surface area contributed by atoms with Crippen LogP contribution in [-0.2, 0) is 4.79 Å². The number of hydrogen-bond donors (Lipinski definition) is 0. The summed E-state index contributed by atoms with van der Waals surface area (Å²) in [5.41, 5.74) is 2.13. The van der Waals surface area contributed by atoms with Crippen LogP contribution in [0.3, 0.4) is 0 Å². The molecule has 34 heavy (non-hydrogen) atoms. The van der Waals surface area contributed by atoms with Gasteiger partial charge in [0.2, 0.25) is 11.7 Å². The first-order valence-electron chi connectivity index (χ1n) is 10.4. The molecule has 0 saturated carbocycles. The summed E-state index contributed by atoms with van der Waals surface area (Å²) < 4.78 is 21.6. The van der Waals surface area contributed by atoms with E-state index in [2.05, 4.69) is 0 Å². The summed E-state index contributed by atoms with van der Waals surface area (Å²) in [7, 11) is 6.13. The topological polar surface area (TPSA) is 100 Å². The quantitative estimate of drug-likeness (QED) is 0.275. The van der Waals surface area contributed by atoms with Crippen molar-refractivity contribution in [1.29, 1.82) is 0 Å². The van der Waals surface area contributed by atoms with Gasteiger partial charge in [0.1, 0.15) is 5.75 Å². The van der Waals surface area contributed by atoms with Gasteiger partial charge in [-0.15, -0.1) is 0 Å². The molecule has 3 aromatic carbocycles. The molecular formula is C25H24N2O7. The van der Waals surface area contributed by atoms with Gasteiger partial charge < -0.3 is 23.8 Å². The molecule has 1 saturated heterocycles. The monoisotopic (exact) mass is 464 g/mol. The standard InChI is InChI=1S/C25H24N2O7/c1-31-19-11-7-16(8-12-19)23-22(15-5-9-17(10-6-15)27(29)30)25(28)26(23)18-13-20(32-2)24(34-4)21(14-18)33-3/h5-14,22-23H,1-4H3/t22-,23-/m1/s1. The van der Waals surface area contributed by atoms with Crippen molar-refractivity contribution < 1.29 is 28.7 Å². The molecule has 1 aliphatic heterocycles. The molecule has 1 amide bonds. The largest absolute Gasteiger partial charge is 0.497 e. The third-order valence-electron chi connectivity index (χ3n) is 5.95. The Bertz CT molecular complexity index is 1180. The molecule has 9 nitrogen and oxygen atoms in total. The molecular weight excluding hydrogens is 440 g/mol. The Kier molecular flexibility index (Phi) is 6.27. The fourth-order valence-corrected chi connectivity index (χ4v) is 4.25. The van der Waals surface area contributed by atoms with Crippen molar-refractivity contribution in [2.24, 2.45) is 0 Å². The van der Waals surface area contributed by atoms with Crippen molar-refractivity contribution in [1.82, 2.24) is 0 Å². The van der Waals surface area contributed by atoms with Crippen molar-refractivity contribution in [3.8, 4) is 23.0 Å². The number of nitro groups is 1. The summed E-state index contributed by atoms with van der Waals surface area (Å²) in [6.45, 7) is 0. The van der Waals surface area contributed by atoms with Crippen LogP contribution in [0.2, 0.25) is 0 Å². The van der Waals surface area contributed by atoms with Gasteiger partial charge in [0.25, 0.3) is 5.69 Å². The Morgan fingerprint density at radius 2 is 1.35 bits per heavy atom. The summed E-state index contributed by atoms with van der Waals surface area (Å²) in [6.07, 6.45) is 0. The van der Waals surface area contributed by atoms with E-state index >= 15 is 0 Å². The van der Waals surface area contributed by atoms with Crippen LogP contribution in [0.15, 0.2) is 60.7 Å². The number of methoxy groups -OCH3 is 4. The highest BCUT2D eigenvalue weighted by molar-refractivity contribution is 6.07. The van der Waals surface area contributed by atoms with Gasteiger partial charge >= 0.3 is 0 Å². The first-order valence-corrected chi connectivity index (χ1v) is 10.4.